The third-order valence-electron chi connectivity index (χ3n) is 6.40. The molecule has 42 heavy (non-hydrogen) atoms. The van der Waals surface area contributed by atoms with Crippen LogP contribution in [0.4, 0.5) is 36.6 Å². The van der Waals surface area contributed by atoms with Crippen LogP contribution in [0.15, 0.2) is 72.9 Å². The van der Waals surface area contributed by atoms with Gasteiger partial charge in [-0.2, -0.15) is 23.4 Å². The molecule has 0 saturated heterocycles. The molecule has 0 saturated carbocycles. The Kier molecular flexibility index (Phi) is 6.40. The van der Waals surface area contributed by atoms with Gasteiger partial charge in [0.15, 0.2) is 46.1 Å². The molecule has 0 aliphatic heterocycles. The van der Waals surface area contributed by atoms with Gasteiger partial charge in [0.2, 0.25) is 0 Å². The van der Waals surface area contributed by atoms with Crippen molar-refractivity contribution in [2.45, 2.75) is 12.7 Å². The fourth-order valence-corrected chi connectivity index (χ4v) is 4.40. The molecule has 0 fully saturated rings. The molecular weight excluding hydrogens is 569 g/mol. The second-order valence-electron chi connectivity index (χ2n) is 9.19. The maximum atomic E-state index is 14.0. The lowest BCUT2D eigenvalue weighted by atomic mass is 10.0. The first-order chi connectivity index (χ1) is 20.0. The summed E-state index contributed by atoms with van der Waals surface area (Å²) in [4.78, 5) is 17.1. The number of halogens is 7. The molecule has 1 amide bonds. The second-order valence-corrected chi connectivity index (χ2v) is 9.19. The zero-order valence-electron chi connectivity index (χ0n) is 20.9. The van der Waals surface area contributed by atoms with E-state index in [1.165, 1.54) is 12.3 Å². The van der Waals surface area contributed by atoms with Gasteiger partial charge < -0.3 is 5.32 Å². The average Bonchev–Trinajstić information content (AvgIpc) is 3.59. The second kappa shape index (κ2) is 9.98. The molecular formula is C28H15F7N6O. The maximum absolute atomic E-state index is 14.0. The quantitative estimate of drug-likeness (QED) is 0.183. The van der Waals surface area contributed by atoms with Gasteiger partial charge in [-0.3, -0.25) is 9.48 Å². The highest BCUT2D eigenvalue weighted by molar-refractivity contribution is 6.03. The minimum atomic E-state index is -4.84. The summed E-state index contributed by atoms with van der Waals surface area (Å²) in [5.74, 6) is -7.51. The summed E-state index contributed by atoms with van der Waals surface area (Å²) in [5.41, 5.74) is -2.33. The van der Waals surface area contributed by atoms with E-state index in [4.69, 9.17) is 0 Å². The van der Waals surface area contributed by atoms with E-state index < -0.39 is 58.8 Å². The number of hydrogen-bond donors (Lipinski definition) is 1. The highest BCUT2D eigenvalue weighted by atomic mass is 19.4. The highest BCUT2D eigenvalue weighted by Gasteiger charge is 2.36. The average molecular weight is 584 g/mol. The molecule has 7 nitrogen and oxygen atoms in total. The van der Waals surface area contributed by atoms with E-state index in [0.29, 0.717) is 10.1 Å². The Morgan fingerprint density at radius 3 is 2.26 bits per heavy atom. The molecule has 3 heterocycles. The lowest BCUT2D eigenvalue weighted by molar-refractivity contribution is -0.142. The van der Waals surface area contributed by atoms with E-state index >= 15 is 0 Å². The molecule has 3 aromatic carbocycles. The number of rotatable bonds is 5. The van der Waals surface area contributed by atoms with E-state index in [0.717, 1.165) is 27.6 Å². The molecule has 0 aliphatic carbocycles. The molecule has 212 valence electrons. The van der Waals surface area contributed by atoms with Gasteiger partial charge in [0, 0.05) is 30.0 Å². The smallest absolute Gasteiger partial charge is 0.304 e. The minimum Gasteiger partial charge on any atom is -0.304 e. The number of nitrogens with zero attached hydrogens (tertiary/aromatic N) is 5. The summed E-state index contributed by atoms with van der Waals surface area (Å²) in [5, 5.41) is 11.7. The van der Waals surface area contributed by atoms with Crippen molar-refractivity contribution in [3.8, 4) is 11.3 Å². The number of carbonyl (C=O) groups excluding carboxylic acids is 1. The van der Waals surface area contributed by atoms with Crippen LogP contribution in [0.2, 0.25) is 0 Å². The standard InChI is InChI=1S/C28H15F7N6O/c29-18-10-19(30)26(32)17(25(18)31)13-40-8-7-23(39-40)37-27(42)21-12-24-36-20(11-22(28(33,34)35)41(24)38-21)16-6-5-14-3-1-2-4-15(14)9-16/h1-12H,13H2,(H,37,39,42). The first-order valence-corrected chi connectivity index (χ1v) is 12.1. The number of fused-ring (bicyclic) bond motifs is 2. The predicted octanol–water partition coefficient (Wildman–Crippen LogP) is 6.62. The molecule has 6 aromatic rings. The summed E-state index contributed by atoms with van der Waals surface area (Å²) < 4.78 is 98.5. The maximum Gasteiger partial charge on any atom is 0.433 e. The first-order valence-electron chi connectivity index (χ1n) is 12.1. The Bertz CT molecular complexity index is 1990. The van der Waals surface area contributed by atoms with Gasteiger partial charge in [0.05, 0.1) is 17.8 Å². The van der Waals surface area contributed by atoms with Gasteiger partial charge in [-0.15, -0.1) is 0 Å². The summed E-state index contributed by atoms with van der Waals surface area (Å²) >= 11 is 0. The Balaban J connectivity index is 1.30. The van der Waals surface area contributed by atoms with Crippen molar-refractivity contribution >= 4 is 28.1 Å². The largest absolute Gasteiger partial charge is 0.433 e. The summed E-state index contributed by atoms with van der Waals surface area (Å²) in [6.07, 6.45) is -3.67. The van der Waals surface area contributed by atoms with Crippen LogP contribution in [0.3, 0.4) is 0 Å². The van der Waals surface area contributed by atoms with Gasteiger partial charge in [-0.1, -0.05) is 36.4 Å². The molecule has 3 aromatic heterocycles. The summed E-state index contributed by atoms with van der Waals surface area (Å²) in [6, 6.07) is 15.6. The van der Waals surface area contributed by atoms with Crippen LogP contribution < -0.4 is 5.32 Å². The fourth-order valence-electron chi connectivity index (χ4n) is 4.40. The van der Waals surface area contributed by atoms with Crippen LogP contribution in [0.25, 0.3) is 27.7 Å². The number of alkyl halides is 3. The Labute approximate surface area is 230 Å². The first kappa shape index (κ1) is 26.9. The van der Waals surface area contributed by atoms with Crippen molar-refractivity contribution in [3.63, 3.8) is 0 Å². The zero-order valence-corrected chi connectivity index (χ0v) is 20.9. The monoisotopic (exact) mass is 584 g/mol. The van der Waals surface area contributed by atoms with Gasteiger partial charge in [0.1, 0.15) is 0 Å². The zero-order chi connectivity index (χ0) is 29.8. The number of amides is 1. The number of carbonyl (C=O) groups is 1. The Morgan fingerprint density at radius 2 is 1.55 bits per heavy atom. The van der Waals surface area contributed by atoms with E-state index in [-0.39, 0.29) is 23.2 Å². The van der Waals surface area contributed by atoms with Crippen molar-refractivity contribution in [1.82, 2.24) is 24.4 Å². The van der Waals surface area contributed by atoms with Crippen LogP contribution >= 0.6 is 0 Å². The van der Waals surface area contributed by atoms with E-state index in [2.05, 4.69) is 20.5 Å². The molecule has 0 radical (unpaired) electrons. The minimum absolute atomic E-state index is 0.0134. The van der Waals surface area contributed by atoms with Gasteiger partial charge in [-0.25, -0.2) is 27.1 Å². The van der Waals surface area contributed by atoms with Gasteiger partial charge in [0.25, 0.3) is 5.91 Å². The van der Waals surface area contributed by atoms with Crippen LogP contribution in [0.1, 0.15) is 21.7 Å². The summed E-state index contributed by atoms with van der Waals surface area (Å²) in [6.45, 7) is -0.715. The lowest BCUT2D eigenvalue weighted by Gasteiger charge is -2.11. The Hall–Kier alpha value is -5.27. The van der Waals surface area contributed by atoms with Crippen molar-refractivity contribution in [3.05, 3.63) is 113 Å². The van der Waals surface area contributed by atoms with Crippen molar-refractivity contribution in [2.75, 3.05) is 5.32 Å². The van der Waals surface area contributed by atoms with Gasteiger partial charge >= 0.3 is 6.18 Å². The molecule has 14 heteroatoms. The normalized spacial score (nSPS) is 11.9. The summed E-state index contributed by atoms with van der Waals surface area (Å²) in [7, 11) is 0. The van der Waals surface area contributed by atoms with Crippen LogP contribution in [-0.2, 0) is 12.7 Å². The molecule has 0 aliphatic rings. The molecule has 0 atom stereocenters. The van der Waals surface area contributed by atoms with E-state index in [1.54, 1.807) is 24.3 Å². The SMILES string of the molecule is O=C(Nc1ccn(Cc2c(F)c(F)cc(F)c2F)n1)c1cc2nc(-c3ccc4ccccc4c3)cc(C(F)(F)F)n2n1. The molecule has 6 rings (SSSR count). The third kappa shape index (κ3) is 4.91. The number of anilines is 1. The number of benzene rings is 3. The third-order valence-corrected chi connectivity index (χ3v) is 6.40. The van der Waals surface area contributed by atoms with E-state index in [9.17, 15) is 35.5 Å². The Morgan fingerprint density at radius 1 is 0.833 bits per heavy atom. The molecule has 0 spiro atoms. The van der Waals surface area contributed by atoms with Crippen molar-refractivity contribution < 1.29 is 35.5 Å². The lowest BCUT2D eigenvalue weighted by Crippen LogP contribution is -2.16. The van der Waals surface area contributed by atoms with Gasteiger partial charge in [-0.05, 0) is 22.9 Å². The number of aromatic nitrogens is 5. The van der Waals surface area contributed by atoms with E-state index in [1.807, 2.05) is 18.2 Å². The number of nitrogens with one attached hydrogen (secondary N) is 1. The number of hydrogen-bond acceptors (Lipinski definition) is 4. The van der Waals surface area contributed by atoms with Crippen molar-refractivity contribution in [1.29, 1.82) is 0 Å². The van der Waals surface area contributed by atoms with Crippen LogP contribution in [0, 0.1) is 23.3 Å². The van der Waals surface area contributed by atoms with Crippen LogP contribution in [-0.4, -0.2) is 30.3 Å². The predicted molar refractivity (Wildman–Crippen MR) is 136 cm³/mol. The molecule has 0 bridgehead atoms. The highest BCUT2D eigenvalue weighted by Crippen LogP contribution is 2.33. The topological polar surface area (TPSA) is 77.1 Å². The fraction of sp³-hybridized carbons (Fsp3) is 0.0714. The van der Waals surface area contributed by atoms with Crippen LogP contribution in [0.5, 0.6) is 0 Å². The molecule has 0 unspecified atom stereocenters. The van der Waals surface area contributed by atoms with Crippen molar-refractivity contribution in [2.24, 2.45) is 0 Å². The molecule has 1 N–H and O–H groups in total.